The molecule has 1 fully saturated rings. The van der Waals surface area contributed by atoms with Gasteiger partial charge >= 0.3 is 0 Å². The van der Waals surface area contributed by atoms with E-state index in [4.69, 9.17) is 0 Å². The molecule has 0 radical (unpaired) electrons. The smallest absolute Gasteiger partial charge is 0.222 e. The lowest BCUT2D eigenvalue weighted by atomic mass is 9.93. The lowest BCUT2D eigenvalue weighted by Crippen LogP contribution is -2.48. The number of benzene rings is 2. The summed E-state index contributed by atoms with van der Waals surface area (Å²) in [5.41, 5.74) is 5.02. The Morgan fingerprint density at radius 3 is 2.33 bits per heavy atom. The number of nitrogens with zero attached hydrogens (tertiary/aromatic N) is 3. The van der Waals surface area contributed by atoms with Crippen LogP contribution in [0.25, 0.3) is 10.9 Å². The number of ketones is 1. The summed E-state index contributed by atoms with van der Waals surface area (Å²) in [7, 11) is 0. The largest absolute Gasteiger partial charge is 0.368 e. The first-order valence-corrected chi connectivity index (χ1v) is 12.1. The molecule has 1 saturated heterocycles. The van der Waals surface area contributed by atoms with Crippen molar-refractivity contribution in [2.24, 2.45) is 0 Å². The molecule has 0 saturated carbocycles. The van der Waals surface area contributed by atoms with Crippen LogP contribution in [-0.4, -0.2) is 47.8 Å². The summed E-state index contributed by atoms with van der Waals surface area (Å²) in [5, 5.41) is 1.04. The number of fused-ring (bicyclic) bond motifs is 1. The second-order valence-corrected chi connectivity index (χ2v) is 8.81. The van der Waals surface area contributed by atoms with Crippen LogP contribution < -0.4 is 4.90 Å². The van der Waals surface area contributed by atoms with Gasteiger partial charge in [0.15, 0.2) is 5.78 Å². The minimum Gasteiger partial charge on any atom is -0.368 e. The Bertz CT molecular complexity index is 1120. The number of anilines is 1. The van der Waals surface area contributed by atoms with Gasteiger partial charge < -0.3 is 9.80 Å². The number of piperazine rings is 1. The minimum absolute atomic E-state index is 0.159. The molecule has 5 nitrogen and oxygen atoms in total. The molecular formula is C28H33N3O2. The molecule has 2 heterocycles. The van der Waals surface area contributed by atoms with Crippen molar-refractivity contribution < 1.29 is 9.59 Å². The molecule has 0 unspecified atom stereocenters. The van der Waals surface area contributed by atoms with Crippen LogP contribution in [0.5, 0.6) is 0 Å². The van der Waals surface area contributed by atoms with E-state index < -0.39 is 0 Å². The van der Waals surface area contributed by atoms with E-state index in [-0.39, 0.29) is 11.7 Å². The van der Waals surface area contributed by atoms with Crippen LogP contribution in [0.3, 0.4) is 0 Å². The molecule has 0 atom stereocenters. The quantitative estimate of drug-likeness (QED) is 0.446. The highest BCUT2D eigenvalue weighted by Crippen LogP contribution is 2.29. The highest BCUT2D eigenvalue weighted by atomic mass is 16.2. The van der Waals surface area contributed by atoms with Gasteiger partial charge in [0, 0.05) is 61.9 Å². The van der Waals surface area contributed by atoms with Crippen LogP contribution in [0.2, 0.25) is 0 Å². The van der Waals surface area contributed by atoms with Gasteiger partial charge in [-0.25, -0.2) is 0 Å². The van der Waals surface area contributed by atoms with Gasteiger partial charge in [0.25, 0.3) is 0 Å². The highest BCUT2D eigenvalue weighted by molar-refractivity contribution is 6.02. The third-order valence-corrected chi connectivity index (χ3v) is 6.43. The highest BCUT2D eigenvalue weighted by Gasteiger charge is 2.22. The van der Waals surface area contributed by atoms with Crippen molar-refractivity contribution >= 4 is 28.3 Å². The monoisotopic (exact) mass is 443 g/mol. The molecule has 0 aliphatic carbocycles. The molecule has 1 aliphatic heterocycles. The molecule has 0 spiro atoms. The van der Waals surface area contributed by atoms with Gasteiger partial charge in [-0.15, -0.1) is 0 Å². The number of hydrogen-bond donors (Lipinski definition) is 0. The van der Waals surface area contributed by atoms with Gasteiger partial charge in [0.05, 0.1) is 5.52 Å². The van der Waals surface area contributed by atoms with Gasteiger partial charge in [-0.2, -0.15) is 0 Å². The van der Waals surface area contributed by atoms with E-state index in [1.807, 2.05) is 36.9 Å². The van der Waals surface area contributed by atoms with Gasteiger partial charge in [0.2, 0.25) is 5.91 Å². The van der Waals surface area contributed by atoms with Crippen molar-refractivity contribution in [3.8, 4) is 0 Å². The number of pyridine rings is 1. The standard InChI is InChI=1S/C28H33N3O2/c1-3-8-27(32)25-20-29-26-13-12-22(30-14-16-31(17-15-30)28(33)9-4-2)19-24(26)23(25)18-21-10-6-5-7-11-21/h5-7,10-13,19-20H,3-4,8-9,14-18H2,1-2H3. The van der Waals surface area contributed by atoms with Crippen LogP contribution in [0.15, 0.2) is 54.7 Å². The normalized spacial score (nSPS) is 14.0. The molecule has 4 rings (SSSR count). The molecular weight excluding hydrogens is 410 g/mol. The van der Waals surface area contributed by atoms with E-state index in [2.05, 4.69) is 40.2 Å². The van der Waals surface area contributed by atoms with Crippen molar-refractivity contribution in [2.45, 2.75) is 46.0 Å². The molecule has 172 valence electrons. The Hall–Kier alpha value is -3.21. The molecule has 1 amide bonds. The number of hydrogen-bond acceptors (Lipinski definition) is 4. The van der Waals surface area contributed by atoms with Gasteiger partial charge in [0.1, 0.15) is 0 Å². The Morgan fingerprint density at radius 1 is 0.909 bits per heavy atom. The van der Waals surface area contributed by atoms with E-state index in [0.717, 1.165) is 66.7 Å². The predicted octanol–water partition coefficient (Wildman–Crippen LogP) is 5.26. The summed E-state index contributed by atoms with van der Waals surface area (Å²) in [6.45, 7) is 7.21. The van der Waals surface area contributed by atoms with Crippen LogP contribution in [-0.2, 0) is 11.2 Å². The Balaban J connectivity index is 1.67. The maximum Gasteiger partial charge on any atom is 0.222 e. The van der Waals surface area contributed by atoms with E-state index in [0.29, 0.717) is 19.3 Å². The first kappa shape index (κ1) is 23.0. The number of aromatic nitrogens is 1. The maximum absolute atomic E-state index is 13.0. The molecule has 5 heteroatoms. The summed E-state index contributed by atoms with van der Waals surface area (Å²) in [6.07, 6.45) is 5.33. The SMILES string of the molecule is CCCC(=O)c1cnc2ccc(N3CCN(C(=O)CCC)CC3)cc2c1Cc1ccccc1. The second kappa shape index (κ2) is 10.6. The molecule has 3 aromatic rings. The van der Waals surface area contributed by atoms with E-state index in [9.17, 15) is 9.59 Å². The Kier molecular flexibility index (Phi) is 7.38. The lowest BCUT2D eigenvalue weighted by molar-refractivity contribution is -0.131. The fourth-order valence-corrected chi connectivity index (χ4v) is 4.61. The van der Waals surface area contributed by atoms with Crippen molar-refractivity contribution in [2.75, 3.05) is 31.1 Å². The Morgan fingerprint density at radius 2 is 1.64 bits per heavy atom. The summed E-state index contributed by atoms with van der Waals surface area (Å²) < 4.78 is 0. The molecule has 1 aromatic heterocycles. The summed E-state index contributed by atoms with van der Waals surface area (Å²) in [5.74, 6) is 0.412. The van der Waals surface area contributed by atoms with Crippen LogP contribution >= 0.6 is 0 Å². The zero-order valence-electron chi connectivity index (χ0n) is 19.7. The molecule has 0 N–H and O–H groups in total. The zero-order valence-corrected chi connectivity index (χ0v) is 19.7. The van der Waals surface area contributed by atoms with Crippen molar-refractivity contribution in [3.05, 3.63) is 71.4 Å². The third kappa shape index (κ3) is 5.24. The average Bonchev–Trinajstić information content (AvgIpc) is 2.85. The number of carbonyl (C=O) groups is 2. The summed E-state index contributed by atoms with van der Waals surface area (Å²) in [4.78, 5) is 34.2. The molecule has 0 bridgehead atoms. The van der Waals surface area contributed by atoms with Crippen molar-refractivity contribution in [1.29, 1.82) is 0 Å². The van der Waals surface area contributed by atoms with E-state index >= 15 is 0 Å². The molecule has 33 heavy (non-hydrogen) atoms. The molecule has 2 aromatic carbocycles. The van der Waals surface area contributed by atoms with Crippen molar-refractivity contribution in [3.63, 3.8) is 0 Å². The van der Waals surface area contributed by atoms with Gasteiger partial charge in [-0.3, -0.25) is 14.6 Å². The number of Topliss-reactive ketones (excluding diaryl/α,β-unsaturated/α-hetero) is 1. The summed E-state index contributed by atoms with van der Waals surface area (Å²) >= 11 is 0. The van der Waals surface area contributed by atoms with Crippen LogP contribution in [0.4, 0.5) is 5.69 Å². The van der Waals surface area contributed by atoms with Crippen LogP contribution in [0, 0.1) is 0 Å². The Labute approximate surface area is 196 Å². The minimum atomic E-state index is 0.159. The first-order chi connectivity index (χ1) is 16.1. The number of amides is 1. The maximum atomic E-state index is 13.0. The zero-order chi connectivity index (χ0) is 23.2. The van der Waals surface area contributed by atoms with Crippen molar-refractivity contribution in [1.82, 2.24) is 9.88 Å². The predicted molar refractivity (Wildman–Crippen MR) is 134 cm³/mol. The average molecular weight is 444 g/mol. The first-order valence-electron chi connectivity index (χ1n) is 12.1. The van der Waals surface area contributed by atoms with Gasteiger partial charge in [-0.05, 0) is 48.6 Å². The number of carbonyl (C=O) groups excluding carboxylic acids is 2. The fraction of sp³-hybridized carbons (Fsp3) is 0.393. The lowest BCUT2D eigenvalue weighted by Gasteiger charge is -2.36. The third-order valence-electron chi connectivity index (χ3n) is 6.43. The van der Waals surface area contributed by atoms with Gasteiger partial charge in [-0.1, -0.05) is 44.2 Å². The molecule has 1 aliphatic rings. The van der Waals surface area contributed by atoms with E-state index in [1.54, 1.807) is 6.20 Å². The summed E-state index contributed by atoms with van der Waals surface area (Å²) in [6, 6.07) is 16.7. The van der Waals surface area contributed by atoms with E-state index in [1.165, 1.54) is 5.56 Å². The second-order valence-electron chi connectivity index (χ2n) is 8.81. The number of rotatable bonds is 8. The topological polar surface area (TPSA) is 53.5 Å². The fourth-order valence-electron chi connectivity index (χ4n) is 4.61. The van der Waals surface area contributed by atoms with Crippen LogP contribution in [0.1, 0.15) is 61.0 Å².